The number of hydrogen-bond donors (Lipinski definition) is 0. The maximum atomic E-state index is 13.2. The second-order valence-electron chi connectivity index (χ2n) is 4.86. The fourth-order valence-corrected chi connectivity index (χ4v) is 2.27. The summed E-state index contributed by atoms with van der Waals surface area (Å²) in [6, 6.07) is 4.33. The van der Waals surface area contributed by atoms with Gasteiger partial charge in [0.25, 0.3) is 6.43 Å². The molecule has 0 aliphatic carbocycles. The minimum Gasteiger partial charge on any atom is -0.426 e. The van der Waals surface area contributed by atoms with Crippen LogP contribution in [0, 0.1) is 0 Å². The van der Waals surface area contributed by atoms with Crippen molar-refractivity contribution in [2.45, 2.75) is 19.0 Å². The third-order valence-electron chi connectivity index (χ3n) is 3.16. The maximum Gasteiger partial charge on any atom is 0.461 e. The molecule has 1 aromatic carbocycles. The molecule has 26 heavy (non-hydrogen) atoms. The van der Waals surface area contributed by atoms with Crippen molar-refractivity contribution in [2.75, 3.05) is 4.90 Å². The van der Waals surface area contributed by atoms with Crippen molar-refractivity contribution in [3.63, 3.8) is 0 Å². The summed E-state index contributed by atoms with van der Waals surface area (Å²) in [5.41, 5.74) is -1.99. The smallest absolute Gasteiger partial charge is 0.426 e. The molecule has 0 spiro atoms. The van der Waals surface area contributed by atoms with Gasteiger partial charge in [-0.3, -0.25) is 14.4 Å². The number of carbonyl (C=O) groups is 1. The highest BCUT2D eigenvalue weighted by Gasteiger charge is 2.44. The van der Waals surface area contributed by atoms with Gasteiger partial charge in [0.2, 0.25) is 6.41 Å². The van der Waals surface area contributed by atoms with Gasteiger partial charge in [-0.1, -0.05) is 23.7 Å². The van der Waals surface area contributed by atoms with E-state index in [1.165, 1.54) is 19.2 Å². The van der Waals surface area contributed by atoms with E-state index in [9.17, 15) is 31.1 Å². The van der Waals surface area contributed by atoms with Crippen LogP contribution in [-0.4, -0.2) is 28.7 Å². The van der Waals surface area contributed by atoms with Crippen molar-refractivity contribution in [2.24, 2.45) is 7.05 Å². The molecule has 2 rings (SSSR count). The number of para-hydroxylation sites is 2. The number of alkyl halides is 6. The molecule has 12 heteroatoms. The largest absolute Gasteiger partial charge is 0.461 e. The van der Waals surface area contributed by atoms with Gasteiger partial charge in [0.15, 0.2) is 16.6 Å². The quantitative estimate of drug-likeness (QED) is 0.505. The zero-order valence-electron chi connectivity index (χ0n) is 12.8. The number of anilines is 2. The zero-order chi connectivity index (χ0) is 19.6. The summed E-state index contributed by atoms with van der Waals surface area (Å²) < 4.78 is 82.4. The molecule has 1 aromatic heterocycles. The van der Waals surface area contributed by atoms with Crippen LogP contribution in [-0.2, 0) is 11.8 Å². The van der Waals surface area contributed by atoms with E-state index in [0.717, 1.165) is 16.8 Å². The molecule has 1 amide bonds. The molecule has 0 aliphatic rings. The lowest BCUT2D eigenvalue weighted by Gasteiger charge is -2.23. The first kappa shape index (κ1) is 19.9. The number of rotatable bonds is 7. The van der Waals surface area contributed by atoms with Crippen LogP contribution in [0.3, 0.4) is 0 Å². The van der Waals surface area contributed by atoms with E-state index in [4.69, 9.17) is 11.6 Å². The molecule has 0 radical (unpaired) electrons. The molecule has 0 saturated carbocycles. The number of carbonyl (C=O) groups excluding carboxylic acids is 1. The average Bonchev–Trinajstić information content (AvgIpc) is 2.86. The first-order valence-corrected chi connectivity index (χ1v) is 7.17. The summed E-state index contributed by atoms with van der Waals surface area (Å²) in [4.78, 5) is 12.0. The number of amides is 1. The van der Waals surface area contributed by atoms with Crippen molar-refractivity contribution < 1.29 is 35.9 Å². The Bertz CT molecular complexity index is 799. The number of nitrogens with zero attached hydrogens (tertiary/aromatic N) is 3. The van der Waals surface area contributed by atoms with Crippen molar-refractivity contribution in [3.05, 3.63) is 35.1 Å². The minimum atomic E-state index is -4.87. The standard InChI is InChI=1S/C14H10ClF6N3O2/c1-23-11(15)10(9(22-23)12(16)17)24(6-25)7-4-2-3-5-8(7)26-14(20,21)13(18)19/h2-6,12-13H,1H3. The number of aryl methyl sites for hydroxylation is 1. The second kappa shape index (κ2) is 7.44. The third kappa shape index (κ3) is 3.71. The van der Waals surface area contributed by atoms with Crippen LogP contribution in [0.5, 0.6) is 5.75 Å². The summed E-state index contributed by atoms with van der Waals surface area (Å²) in [5, 5.41) is 3.06. The van der Waals surface area contributed by atoms with Gasteiger partial charge in [-0.25, -0.2) is 8.78 Å². The molecule has 142 valence electrons. The molecule has 0 bridgehead atoms. The summed E-state index contributed by atoms with van der Waals surface area (Å²) in [5.74, 6) is -0.843. The normalized spacial score (nSPS) is 11.9. The van der Waals surface area contributed by atoms with Gasteiger partial charge in [-0.15, -0.1) is 0 Å². The van der Waals surface area contributed by atoms with Crippen LogP contribution in [0.4, 0.5) is 37.7 Å². The molecule has 0 aliphatic heterocycles. The van der Waals surface area contributed by atoms with Crippen LogP contribution in [0.1, 0.15) is 12.1 Å². The highest BCUT2D eigenvalue weighted by molar-refractivity contribution is 6.33. The van der Waals surface area contributed by atoms with Crippen LogP contribution in [0.25, 0.3) is 0 Å². The Balaban J connectivity index is 2.59. The Morgan fingerprint density at radius 3 is 2.42 bits per heavy atom. The fraction of sp³-hybridized carbons (Fsp3) is 0.286. The molecule has 0 saturated heterocycles. The molecule has 5 nitrogen and oxygen atoms in total. The second-order valence-corrected chi connectivity index (χ2v) is 5.21. The lowest BCUT2D eigenvalue weighted by molar-refractivity contribution is -0.253. The number of aromatic nitrogens is 2. The van der Waals surface area contributed by atoms with Crippen molar-refractivity contribution >= 4 is 29.4 Å². The van der Waals surface area contributed by atoms with Gasteiger partial charge in [-0.2, -0.15) is 22.7 Å². The van der Waals surface area contributed by atoms with Gasteiger partial charge in [0, 0.05) is 7.05 Å². The topological polar surface area (TPSA) is 47.4 Å². The van der Waals surface area contributed by atoms with Gasteiger partial charge in [0.05, 0.1) is 5.69 Å². The molecule has 0 fully saturated rings. The van der Waals surface area contributed by atoms with E-state index >= 15 is 0 Å². The van der Waals surface area contributed by atoms with Crippen LogP contribution in [0.2, 0.25) is 5.15 Å². The number of halogens is 7. The highest BCUT2D eigenvalue weighted by atomic mass is 35.5. The number of ether oxygens (including phenoxy) is 1. The molecule has 0 N–H and O–H groups in total. The van der Waals surface area contributed by atoms with Gasteiger partial charge >= 0.3 is 12.5 Å². The Labute approximate surface area is 147 Å². The van der Waals surface area contributed by atoms with Crippen molar-refractivity contribution in [3.8, 4) is 5.75 Å². The van der Waals surface area contributed by atoms with E-state index in [0.29, 0.717) is 4.90 Å². The lowest BCUT2D eigenvalue weighted by atomic mass is 10.2. The monoisotopic (exact) mass is 401 g/mol. The van der Waals surface area contributed by atoms with E-state index in [2.05, 4.69) is 9.84 Å². The van der Waals surface area contributed by atoms with Crippen molar-refractivity contribution in [1.29, 1.82) is 0 Å². The summed E-state index contributed by atoms with van der Waals surface area (Å²) in [7, 11) is 1.22. The van der Waals surface area contributed by atoms with Crippen LogP contribution in [0.15, 0.2) is 24.3 Å². The molecule has 2 aromatic rings. The van der Waals surface area contributed by atoms with Gasteiger partial charge in [0.1, 0.15) is 5.69 Å². The fourth-order valence-electron chi connectivity index (χ4n) is 2.05. The van der Waals surface area contributed by atoms with Crippen LogP contribution >= 0.6 is 11.6 Å². The first-order valence-electron chi connectivity index (χ1n) is 6.79. The van der Waals surface area contributed by atoms with E-state index in [-0.39, 0.29) is 6.41 Å². The van der Waals surface area contributed by atoms with E-state index in [1.807, 2.05) is 0 Å². The summed E-state index contributed by atoms with van der Waals surface area (Å²) >= 11 is 5.87. The summed E-state index contributed by atoms with van der Waals surface area (Å²) in [6.07, 6.45) is -12.2. The van der Waals surface area contributed by atoms with Gasteiger partial charge in [-0.05, 0) is 12.1 Å². The van der Waals surface area contributed by atoms with Crippen molar-refractivity contribution in [1.82, 2.24) is 9.78 Å². The molecule has 0 atom stereocenters. The van der Waals surface area contributed by atoms with Gasteiger partial charge < -0.3 is 4.74 Å². The lowest BCUT2D eigenvalue weighted by Crippen LogP contribution is -2.34. The molecule has 1 heterocycles. The van der Waals surface area contributed by atoms with E-state index < -0.39 is 46.9 Å². The molecule has 0 unspecified atom stereocenters. The van der Waals surface area contributed by atoms with Crippen LogP contribution < -0.4 is 9.64 Å². The zero-order valence-corrected chi connectivity index (χ0v) is 13.6. The third-order valence-corrected chi connectivity index (χ3v) is 3.58. The highest BCUT2D eigenvalue weighted by Crippen LogP contribution is 2.42. The average molecular weight is 402 g/mol. The number of benzene rings is 1. The predicted molar refractivity (Wildman–Crippen MR) is 79.4 cm³/mol. The maximum absolute atomic E-state index is 13.2. The first-order chi connectivity index (χ1) is 12.1. The minimum absolute atomic E-state index is 0.00250. The molecular formula is C14H10ClF6N3O2. The summed E-state index contributed by atoms with van der Waals surface area (Å²) in [6.45, 7) is 0. The Morgan fingerprint density at radius 2 is 1.88 bits per heavy atom. The Morgan fingerprint density at radius 1 is 1.27 bits per heavy atom. The molecular weight excluding hydrogens is 392 g/mol. The predicted octanol–water partition coefficient (Wildman–Crippen LogP) is 4.54. The number of hydrogen-bond acceptors (Lipinski definition) is 3. The Hall–Kier alpha value is -2.43. The SMILES string of the molecule is Cn1nc(C(F)F)c(N(C=O)c2ccccc2OC(F)(F)C(F)F)c1Cl. The Kier molecular flexibility index (Phi) is 5.69. The van der Waals surface area contributed by atoms with E-state index in [1.54, 1.807) is 0 Å².